The van der Waals surface area contributed by atoms with E-state index in [-0.39, 0.29) is 6.03 Å². The van der Waals surface area contributed by atoms with Gasteiger partial charge in [-0.3, -0.25) is 9.69 Å². The van der Waals surface area contributed by atoms with Gasteiger partial charge in [0, 0.05) is 21.4 Å². The molecule has 0 unspecified atom stereocenters. The van der Waals surface area contributed by atoms with Gasteiger partial charge in [-0.05, 0) is 72.4 Å². The van der Waals surface area contributed by atoms with Crippen LogP contribution < -0.4 is 16.0 Å². The zero-order chi connectivity index (χ0) is 26.2. The summed E-state index contributed by atoms with van der Waals surface area (Å²) in [7, 11) is 0. The highest BCUT2D eigenvalue weighted by molar-refractivity contribution is 9.10. The first-order valence-electron chi connectivity index (χ1n) is 12.2. The van der Waals surface area contributed by atoms with Crippen molar-refractivity contribution in [2.24, 2.45) is 15.8 Å². The largest absolute Gasteiger partial charge is 0.366 e. The summed E-state index contributed by atoms with van der Waals surface area (Å²) in [6.07, 6.45) is 6.26. The lowest BCUT2D eigenvalue weighted by atomic mass is 9.84. The van der Waals surface area contributed by atoms with Crippen molar-refractivity contribution in [3.63, 3.8) is 0 Å². The number of aliphatic imine (C=N–C) groups is 1. The van der Waals surface area contributed by atoms with Gasteiger partial charge in [-0.25, -0.2) is 10.3 Å². The summed E-state index contributed by atoms with van der Waals surface area (Å²) in [5, 5.41) is 5.92. The second-order valence-electron chi connectivity index (χ2n) is 9.04. The Morgan fingerprint density at radius 3 is 2.35 bits per heavy atom. The van der Waals surface area contributed by atoms with Gasteiger partial charge in [0.2, 0.25) is 5.96 Å². The number of hydrogen-bond donors (Lipinski definition) is 3. The Kier molecular flexibility index (Phi) is 8.79. The number of rotatable bonds is 6. The van der Waals surface area contributed by atoms with Gasteiger partial charge in [-0.1, -0.05) is 65.5 Å². The van der Waals surface area contributed by atoms with Gasteiger partial charge < -0.3 is 11.1 Å². The Labute approximate surface area is 224 Å². The van der Waals surface area contributed by atoms with E-state index in [1.54, 1.807) is 29.2 Å². The fourth-order valence-corrected chi connectivity index (χ4v) is 4.93. The minimum Gasteiger partial charge on any atom is -0.366 e. The Morgan fingerprint density at radius 1 is 1.00 bits per heavy atom. The molecule has 0 saturated heterocycles. The molecule has 8 nitrogen and oxygen atoms in total. The van der Waals surface area contributed by atoms with Crippen molar-refractivity contribution in [3.8, 4) is 0 Å². The molecule has 1 aliphatic carbocycles. The zero-order valence-corrected chi connectivity index (χ0v) is 21.9. The van der Waals surface area contributed by atoms with Crippen LogP contribution in [0.3, 0.4) is 0 Å². The second-order valence-corrected chi connectivity index (χ2v) is 9.95. The van der Waals surface area contributed by atoms with Crippen LogP contribution in [0.15, 0.2) is 87.4 Å². The number of nitrogens with zero attached hydrogens (tertiary/aromatic N) is 3. The van der Waals surface area contributed by atoms with Crippen molar-refractivity contribution in [3.05, 3.63) is 94.0 Å². The molecule has 1 saturated carbocycles. The monoisotopic (exact) mass is 560 g/mol. The predicted octanol–water partition coefficient (Wildman–Crippen LogP) is 7.22. The molecule has 0 spiro atoms. The average molecular weight is 561 g/mol. The number of nitrogens with two attached hydrogens (primary N) is 1. The lowest BCUT2D eigenvalue weighted by Gasteiger charge is -2.26. The second kappa shape index (κ2) is 12.4. The Hall–Kier alpha value is -3.85. The predicted molar refractivity (Wildman–Crippen MR) is 149 cm³/mol. The van der Waals surface area contributed by atoms with Crippen LogP contribution in [0.25, 0.3) is 0 Å². The van der Waals surface area contributed by atoms with Gasteiger partial charge >= 0.3 is 6.03 Å². The molecule has 0 bridgehead atoms. The summed E-state index contributed by atoms with van der Waals surface area (Å²) >= 11 is 3.45. The molecule has 4 N–H and O–H groups in total. The number of urea groups is 1. The van der Waals surface area contributed by atoms with Gasteiger partial charge in [-0.2, -0.15) is 4.99 Å². The molecule has 9 heteroatoms. The fourth-order valence-electron chi connectivity index (χ4n) is 4.53. The number of carbonyl (C=O) groups is 2. The van der Waals surface area contributed by atoms with E-state index in [9.17, 15) is 9.59 Å². The van der Waals surface area contributed by atoms with Crippen LogP contribution in [0, 0.1) is 5.53 Å². The third-order valence-corrected chi connectivity index (χ3v) is 6.97. The minimum atomic E-state index is -0.581. The van der Waals surface area contributed by atoms with Crippen LogP contribution in [-0.4, -0.2) is 17.9 Å². The number of anilines is 2. The van der Waals surface area contributed by atoms with Crippen molar-refractivity contribution in [1.29, 1.82) is 5.53 Å². The standard InChI is InChI=1S/C28H29BrN6O2/c29-23-7-4-8-24(17-23)32-28(37)35(25-15-13-21(14-16-25)20-5-2-1-3-6-20)18-19-9-11-22(12-10-19)26(36)33-27(30)34-31/h4,7-17,20,31H,1-3,5-6,18H2,(H,32,37)(H2,30,33,36). The molecular weight excluding hydrogens is 532 g/mol. The minimum absolute atomic E-state index is 0.266. The van der Waals surface area contributed by atoms with Crippen LogP contribution in [0.2, 0.25) is 0 Å². The molecule has 190 valence electrons. The summed E-state index contributed by atoms with van der Waals surface area (Å²) in [6.45, 7) is 0.296. The summed E-state index contributed by atoms with van der Waals surface area (Å²) in [5.41, 5.74) is 16.1. The van der Waals surface area contributed by atoms with Crippen LogP contribution in [-0.2, 0) is 6.54 Å². The lowest BCUT2D eigenvalue weighted by molar-refractivity contribution is 0.100. The number of nitrogens with one attached hydrogen (secondary N) is 2. The smallest absolute Gasteiger partial charge is 0.326 e. The highest BCUT2D eigenvalue weighted by Gasteiger charge is 2.20. The molecule has 0 heterocycles. The number of guanidine groups is 1. The molecule has 0 aliphatic heterocycles. The summed E-state index contributed by atoms with van der Waals surface area (Å²) in [5.74, 6) is -0.403. The van der Waals surface area contributed by atoms with E-state index in [1.165, 1.54) is 37.7 Å². The van der Waals surface area contributed by atoms with E-state index in [0.29, 0.717) is 23.7 Å². The Balaban J connectivity index is 1.57. The zero-order valence-electron chi connectivity index (χ0n) is 20.4. The van der Waals surface area contributed by atoms with Gasteiger partial charge in [0.1, 0.15) is 0 Å². The normalized spacial score (nSPS) is 14.1. The first kappa shape index (κ1) is 26.2. The Bertz CT molecular complexity index is 1280. The van der Waals surface area contributed by atoms with E-state index in [2.05, 4.69) is 43.5 Å². The van der Waals surface area contributed by atoms with Gasteiger partial charge in [-0.15, -0.1) is 5.11 Å². The molecule has 3 aromatic carbocycles. The van der Waals surface area contributed by atoms with Crippen molar-refractivity contribution in [2.45, 2.75) is 44.6 Å². The first-order valence-corrected chi connectivity index (χ1v) is 13.0. The highest BCUT2D eigenvalue weighted by atomic mass is 79.9. The van der Waals surface area contributed by atoms with Crippen LogP contribution in [0.1, 0.15) is 59.5 Å². The van der Waals surface area contributed by atoms with E-state index in [1.807, 2.05) is 36.4 Å². The summed E-state index contributed by atoms with van der Waals surface area (Å²) in [6, 6.07) is 22.2. The van der Waals surface area contributed by atoms with Gasteiger partial charge in [0.15, 0.2) is 0 Å². The van der Waals surface area contributed by atoms with Crippen molar-refractivity contribution < 1.29 is 9.59 Å². The third kappa shape index (κ3) is 7.10. The molecule has 4 rings (SSSR count). The lowest BCUT2D eigenvalue weighted by Crippen LogP contribution is -2.34. The summed E-state index contributed by atoms with van der Waals surface area (Å²) in [4.78, 5) is 30.8. The number of carbonyl (C=O) groups excluding carboxylic acids is 2. The van der Waals surface area contributed by atoms with Crippen LogP contribution >= 0.6 is 15.9 Å². The fraction of sp³-hybridized carbons (Fsp3) is 0.250. The van der Waals surface area contributed by atoms with Crippen LogP contribution in [0.5, 0.6) is 0 Å². The van der Waals surface area contributed by atoms with Crippen molar-refractivity contribution in [1.82, 2.24) is 0 Å². The number of benzene rings is 3. The molecule has 1 fully saturated rings. The third-order valence-electron chi connectivity index (χ3n) is 6.47. The molecule has 1 aliphatic rings. The molecule has 0 aromatic heterocycles. The first-order chi connectivity index (χ1) is 17.9. The SMILES string of the molecule is N=NC(N)=NC(=O)c1ccc(CN(C(=O)Nc2cccc(Br)c2)c2ccc(C3CCCCC3)cc2)cc1. The maximum Gasteiger partial charge on any atom is 0.326 e. The molecular formula is C28H29BrN6O2. The van der Waals surface area contributed by atoms with E-state index in [4.69, 9.17) is 11.3 Å². The highest BCUT2D eigenvalue weighted by Crippen LogP contribution is 2.33. The molecule has 0 atom stereocenters. The molecule has 0 radical (unpaired) electrons. The summed E-state index contributed by atoms with van der Waals surface area (Å²) < 4.78 is 0.871. The van der Waals surface area contributed by atoms with Crippen molar-refractivity contribution >= 4 is 45.2 Å². The van der Waals surface area contributed by atoms with E-state index < -0.39 is 11.9 Å². The van der Waals surface area contributed by atoms with Crippen LogP contribution in [0.4, 0.5) is 16.2 Å². The molecule has 3 amide bonds. The quantitative estimate of drug-likeness (QED) is 0.167. The van der Waals surface area contributed by atoms with Gasteiger partial charge in [0.05, 0.1) is 6.54 Å². The maximum atomic E-state index is 13.4. The number of hydrogen-bond acceptors (Lipinski definition) is 3. The van der Waals surface area contributed by atoms with E-state index in [0.717, 1.165) is 15.7 Å². The van der Waals surface area contributed by atoms with Gasteiger partial charge in [0.25, 0.3) is 5.91 Å². The topological polar surface area (TPSA) is 124 Å². The maximum absolute atomic E-state index is 13.4. The van der Waals surface area contributed by atoms with Crippen molar-refractivity contribution in [2.75, 3.05) is 10.2 Å². The molecule has 37 heavy (non-hydrogen) atoms. The Morgan fingerprint density at radius 2 is 1.70 bits per heavy atom. The number of amides is 3. The average Bonchev–Trinajstić information content (AvgIpc) is 2.92. The number of halogens is 1. The van der Waals surface area contributed by atoms with E-state index >= 15 is 0 Å². The molecule has 3 aromatic rings.